The highest BCUT2D eigenvalue weighted by molar-refractivity contribution is 5.81. The summed E-state index contributed by atoms with van der Waals surface area (Å²) in [5, 5.41) is 3.10. The molecule has 7 heteroatoms. The first-order valence-corrected chi connectivity index (χ1v) is 8.64. The summed E-state index contributed by atoms with van der Waals surface area (Å²) < 4.78 is 38.3. The molecule has 1 saturated carbocycles. The van der Waals surface area contributed by atoms with E-state index >= 15 is 0 Å². The molecule has 1 aliphatic heterocycles. The summed E-state index contributed by atoms with van der Waals surface area (Å²) >= 11 is 0. The van der Waals surface area contributed by atoms with Crippen molar-refractivity contribution >= 4 is 5.91 Å². The molecule has 1 N–H and O–H groups in total. The Hall–Kier alpha value is -0.820. The van der Waals surface area contributed by atoms with Crippen molar-refractivity contribution < 1.29 is 18.0 Å². The van der Waals surface area contributed by atoms with Gasteiger partial charge in [-0.15, -0.1) is 0 Å². The van der Waals surface area contributed by atoms with Crippen LogP contribution in [0.15, 0.2) is 0 Å². The Balaban J connectivity index is 1.78. The van der Waals surface area contributed by atoms with Gasteiger partial charge in [0.2, 0.25) is 5.91 Å². The molecular weight excluding hydrogens is 307 g/mol. The Labute approximate surface area is 136 Å². The molecule has 0 bridgehead atoms. The molecular formula is C16H28F3N3O. The third-order valence-electron chi connectivity index (χ3n) is 5.25. The lowest BCUT2D eigenvalue weighted by atomic mass is 9.95. The fourth-order valence-corrected chi connectivity index (χ4v) is 3.45. The highest BCUT2D eigenvalue weighted by Gasteiger charge is 2.41. The molecule has 2 atom stereocenters. The van der Waals surface area contributed by atoms with Gasteiger partial charge in [0.1, 0.15) is 6.04 Å². The first-order valence-electron chi connectivity index (χ1n) is 8.64. The van der Waals surface area contributed by atoms with Crippen molar-refractivity contribution in [3.63, 3.8) is 0 Å². The van der Waals surface area contributed by atoms with E-state index in [9.17, 15) is 18.0 Å². The SMILES string of the molecule is C[C@@H](C(=O)NC1CCCCC1)N1CCN([C@H](C)C(F)(F)F)CC1. The van der Waals surface area contributed by atoms with Gasteiger partial charge in [0.15, 0.2) is 0 Å². The van der Waals surface area contributed by atoms with Crippen LogP contribution in [-0.4, -0.2) is 66.2 Å². The second kappa shape index (κ2) is 7.83. The zero-order valence-electron chi connectivity index (χ0n) is 14.0. The van der Waals surface area contributed by atoms with Crippen LogP contribution in [0.25, 0.3) is 0 Å². The van der Waals surface area contributed by atoms with Crippen LogP contribution in [0.3, 0.4) is 0 Å². The molecule has 0 spiro atoms. The fourth-order valence-electron chi connectivity index (χ4n) is 3.45. The van der Waals surface area contributed by atoms with Gasteiger partial charge in [-0.2, -0.15) is 13.2 Å². The molecule has 4 nitrogen and oxygen atoms in total. The lowest BCUT2D eigenvalue weighted by Gasteiger charge is -2.40. The van der Waals surface area contributed by atoms with Crippen molar-refractivity contribution in [3.05, 3.63) is 0 Å². The highest BCUT2D eigenvalue weighted by atomic mass is 19.4. The second-order valence-electron chi connectivity index (χ2n) is 6.81. The minimum atomic E-state index is -4.19. The summed E-state index contributed by atoms with van der Waals surface area (Å²) in [4.78, 5) is 15.8. The van der Waals surface area contributed by atoms with Gasteiger partial charge in [-0.1, -0.05) is 19.3 Å². The molecule has 23 heavy (non-hydrogen) atoms. The quantitative estimate of drug-likeness (QED) is 0.857. The molecule has 1 amide bonds. The van der Waals surface area contributed by atoms with Crippen molar-refractivity contribution in [2.24, 2.45) is 0 Å². The predicted molar refractivity (Wildman–Crippen MR) is 83.1 cm³/mol. The molecule has 0 unspecified atom stereocenters. The number of hydrogen-bond acceptors (Lipinski definition) is 3. The average Bonchev–Trinajstić information content (AvgIpc) is 2.53. The number of nitrogens with one attached hydrogen (secondary N) is 1. The van der Waals surface area contributed by atoms with Crippen LogP contribution >= 0.6 is 0 Å². The molecule has 2 rings (SSSR count). The van der Waals surface area contributed by atoms with Crippen LogP contribution in [0.2, 0.25) is 0 Å². The molecule has 1 heterocycles. The topological polar surface area (TPSA) is 35.6 Å². The van der Waals surface area contributed by atoms with Gasteiger partial charge in [-0.25, -0.2) is 0 Å². The van der Waals surface area contributed by atoms with Gasteiger partial charge in [0, 0.05) is 32.2 Å². The molecule has 0 aromatic carbocycles. The number of nitrogens with zero attached hydrogens (tertiary/aromatic N) is 2. The average molecular weight is 335 g/mol. The Morgan fingerprint density at radius 3 is 2.04 bits per heavy atom. The zero-order chi connectivity index (χ0) is 17.0. The maximum Gasteiger partial charge on any atom is 0.403 e. The summed E-state index contributed by atoms with van der Waals surface area (Å²) in [5.74, 6) is 0.00854. The largest absolute Gasteiger partial charge is 0.403 e. The summed E-state index contributed by atoms with van der Waals surface area (Å²) in [6, 6.07) is -1.43. The van der Waals surface area contributed by atoms with E-state index in [0.29, 0.717) is 26.2 Å². The molecule has 2 aliphatic rings. The van der Waals surface area contributed by atoms with Crippen LogP contribution in [0.4, 0.5) is 13.2 Å². The number of carbonyl (C=O) groups excluding carboxylic acids is 1. The van der Waals surface area contributed by atoms with Gasteiger partial charge in [-0.3, -0.25) is 14.6 Å². The number of halogens is 3. The molecule has 1 saturated heterocycles. The number of alkyl halides is 3. The number of amides is 1. The maximum atomic E-state index is 12.8. The molecule has 0 aromatic rings. The lowest BCUT2D eigenvalue weighted by molar-refractivity contribution is -0.183. The fraction of sp³-hybridized carbons (Fsp3) is 0.938. The summed E-state index contributed by atoms with van der Waals surface area (Å²) in [6.07, 6.45) is 1.44. The predicted octanol–water partition coefficient (Wildman–Crippen LogP) is 2.39. The third kappa shape index (κ3) is 5.08. The first kappa shape index (κ1) is 18.5. The molecule has 1 aliphatic carbocycles. The Morgan fingerprint density at radius 2 is 1.52 bits per heavy atom. The minimum absolute atomic E-state index is 0.00854. The van der Waals surface area contributed by atoms with Crippen molar-refractivity contribution in [2.75, 3.05) is 26.2 Å². The van der Waals surface area contributed by atoms with Gasteiger partial charge < -0.3 is 5.32 Å². The second-order valence-corrected chi connectivity index (χ2v) is 6.81. The number of hydrogen-bond donors (Lipinski definition) is 1. The molecule has 134 valence electrons. The van der Waals surface area contributed by atoms with E-state index in [0.717, 1.165) is 25.7 Å². The molecule has 0 aromatic heterocycles. The van der Waals surface area contributed by atoms with E-state index in [2.05, 4.69) is 5.32 Å². The van der Waals surface area contributed by atoms with E-state index in [1.54, 1.807) is 0 Å². The summed E-state index contributed by atoms with van der Waals surface area (Å²) in [5.41, 5.74) is 0. The normalized spacial score (nSPS) is 25.1. The van der Waals surface area contributed by atoms with Gasteiger partial charge in [0.05, 0.1) is 6.04 Å². The van der Waals surface area contributed by atoms with E-state index in [4.69, 9.17) is 0 Å². The molecule has 2 fully saturated rings. The Bertz CT molecular complexity index is 389. The van der Waals surface area contributed by atoms with Crippen molar-refractivity contribution in [1.29, 1.82) is 0 Å². The monoisotopic (exact) mass is 335 g/mol. The Morgan fingerprint density at radius 1 is 1.00 bits per heavy atom. The molecule has 0 radical (unpaired) electrons. The van der Waals surface area contributed by atoms with Gasteiger partial charge in [0.25, 0.3) is 0 Å². The third-order valence-corrected chi connectivity index (χ3v) is 5.25. The smallest absolute Gasteiger partial charge is 0.352 e. The van der Waals surface area contributed by atoms with Crippen LogP contribution < -0.4 is 5.32 Å². The van der Waals surface area contributed by atoms with Crippen LogP contribution in [0.5, 0.6) is 0 Å². The van der Waals surface area contributed by atoms with Gasteiger partial charge >= 0.3 is 6.18 Å². The van der Waals surface area contributed by atoms with Crippen molar-refractivity contribution in [3.8, 4) is 0 Å². The van der Waals surface area contributed by atoms with Crippen LogP contribution in [0, 0.1) is 0 Å². The number of rotatable bonds is 4. The summed E-state index contributed by atoms with van der Waals surface area (Å²) in [7, 11) is 0. The van der Waals surface area contributed by atoms with E-state index < -0.39 is 12.2 Å². The van der Waals surface area contributed by atoms with E-state index in [1.807, 2.05) is 11.8 Å². The van der Waals surface area contributed by atoms with Crippen LogP contribution in [0.1, 0.15) is 46.0 Å². The number of piperazine rings is 1. The lowest BCUT2D eigenvalue weighted by Crippen LogP contribution is -2.58. The zero-order valence-corrected chi connectivity index (χ0v) is 14.0. The van der Waals surface area contributed by atoms with Crippen LogP contribution in [-0.2, 0) is 4.79 Å². The van der Waals surface area contributed by atoms with E-state index in [1.165, 1.54) is 18.2 Å². The highest BCUT2D eigenvalue weighted by Crippen LogP contribution is 2.25. The minimum Gasteiger partial charge on any atom is -0.352 e. The van der Waals surface area contributed by atoms with Crippen molar-refractivity contribution in [1.82, 2.24) is 15.1 Å². The standard InChI is InChI=1S/C16H28F3N3O/c1-12(15(23)20-14-6-4-3-5-7-14)21-8-10-22(11-9-21)13(2)16(17,18)19/h12-14H,3-11H2,1-2H3,(H,20,23)/t12-,13+/m0/s1. The van der Waals surface area contributed by atoms with E-state index in [-0.39, 0.29) is 18.0 Å². The number of carbonyl (C=O) groups is 1. The Kier molecular flexibility index (Phi) is 6.31. The van der Waals surface area contributed by atoms with Gasteiger partial charge in [-0.05, 0) is 26.7 Å². The first-order chi connectivity index (χ1) is 10.8. The van der Waals surface area contributed by atoms with Crippen molar-refractivity contribution in [2.45, 2.75) is 70.3 Å². The maximum absolute atomic E-state index is 12.8. The summed E-state index contributed by atoms with van der Waals surface area (Å²) in [6.45, 7) is 4.75.